The van der Waals surface area contributed by atoms with Gasteiger partial charge in [-0.05, 0) is 56.8 Å². The maximum absolute atomic E-state index is 10.9. The van der Waals surface area contributed by atoms with E-state index in [0.717, 1.165) is 37.8 Å². The van der Waals surface area contributed by atoms with E-state index in [1.165, 1.54) is 5.56 Å². The molecule has 23 heavy (non-hydrogen) atoms. The van der Waals surface area contributed by atoms with Gasteiger partial charge in [-0.15, -0.1) is 0 Å². The molecule has 5 heteroatoms. The first kappa shape index (κ1) is 17.5. The Balaban J connectivity index is 1.85. The van der Waals surface area contributed by atoms with Crippen molar-refractivity contribution in [3.8, 4) is 0 Å². The van der Waals surface area contributed by atoms with Crippen LogP contribution in [0.4, 0.5) is 4.79 Å². The highest BCUT2D eigenvalue weighted by Crippen LogP contribution is 2.29. The third-order valence-electron chi connectivity index (χ3n) is 4.34. The summed E-state index contributed by atoms with van der Waals surface area (Å²) in [4.78, 5) is 23.8. The molecule has 0 aromatic heterocycles. The van der Waals surface area contributed by atoms with E-state index < -0.39 is 11.7 Å². The Hall–Kier alpha value is -1.88. The second kappa shape index (κ2) is 7.59. The lowest BCUT2D eigenvalue weighted by molar-refractivity contribution is -0.107. The summed E-state index contributed by atoms with van der Waals surface area (Å²) >= 11 is 0. The highest BCUT2D eigenvalue weighted by Gasteiger charge is 2.28. The molecule has 0 saturated carbocycles. The fraction of sp³-hybridized carbons (Fsp3) is 0.556. The number of likely N-dealkylation sites (tertiary alicyclic amines) is 1. The van der Waals surface area contributed by atoms with E-state index >= 15 is 0 Å². The van der Waals surface area contributed by atoms with Gasteiger partial charge in [0.15, 0.2) is 0 Å². The molecule has 1 aliphatic heterocycles. The van der Waals surface area contributed by atoms with Crippen LogP contribution in [0.3, 0.4) is 0 Å². The number of carbonyl (C=O) groups is 2. The molecule has 2 N–H and O–H groups in total. The van der Waals surface area contributed by atoms with Crippen LogP contribution < -0.4 is 5.73 Å². The number of nitrogens with two attached hydrogens (primary N) is 1. The molecular weight excluding hydrogens is 292 g/mol. The molecule has 0 bridgehead atoms. The molecule has 2 rings (SSSR count). The molecule has 0 spiro atoms. The van der Waals surface area contributed by atoms with Gasteiger partial charge in [0, 0.05) is 13.0 Å². The zero-order valence-electron chi connectivity index (χ0n) is 14.0. The highest BCUT2D eigenvalue weighted by molar-refractivity contribution is 5.65. The molecule has 1 heterocycles. The first-order valence-electron chi connectivity index (χ1n) is 8.13. The van der Waals surface area contributed by atoms with Crippen molar-refractivity contribution in [2.75, 3.05) is 19.6 Å². The number of aldehydes is 1. The molecule has 1 saturated heterocycles. The summed E-state index contributed by atoms with van der Waals surface area (Å²) in [6.45, 7) is 6.42. The molecule has 5 nitrogen and oxygen atoms in total. The van der Waals surface area contributed by atoms with Crippen molar-refractivity contribution in [2.24, 2.45) is 5.73 Å². The highest BCUT2D eigenvalue weighted by atomic mass is 16.6. The molecule has 1 aromatic rings. The Bertz CT molecular complexity index is 532. The average molecular weight is 318 g/mol. The molecule has 126 valence electrons. The van der Waals surface area contributed by atoms with Gasteiger partial charge in [-0.2, -0.15) is 0 Å². The quantitative estimate of drug-likeness (QED) is 0.818. The summed E-state index contributed by atoms with van der Waals surface area (Å²) in [6.07, 6.45) is 2.86. The van der Waals surface area contributed by atoms with E-state index in [2.05, 4.69) is 17.0 Å². The van der Waals surface area contributed by atoms with Gasteiger partial charge in [0.25, 0.3) is 0 Å². The molecule has 1 amide bonds. The normalized spacial score (nSPS) is 17.0. The number of hydrogen-bond acceptors (Lipinski definition) is 4. The predicted molar refractivity (Wildman–Crippen MR) is 89.4 cm³/mol. The van der Waals surface area contributed by atoms with Crippen molar-refractivity contribution < 1.29 is 14.3 Å². The summed E-state index contributed by atoms with van der Waals surface area (Å²) in [5, 5.41) is 0. The van der Waals surface area contributed by atoms with Crippen LogP contribution in [0.25, 0.3) is 0 Å². The second-order valence-electron chi connectivity index (χ2n) is 6.84. The van der Waals surface area contributed by atoms with Crippen LogP contribution in [0, 0.1) is 0 Å². The van der Waals surface area contributed by atoms with E-state index in [9.17, 15) is 9.59 Å². The molecule has 0 atom stereocenters. The van der Waals surface area contributed by atoms with Crippen LogP contribution in [0.5, 0.6) is 0 Å². The van der Waals surface area contributed by atoms with Crippen molar-refractivity contribution in [2.45, 2.75) is 44.6 Å². The number of benzene rings is 1. The third-order valence-corrected chi connectivity index (χ3v) is 4.34. The summed E-state index contributed by atoms with van der Waals surface area (Å²) in [7, 11) is 0. The summed E-state index contributed by atoms with van der Waals surface area (Å²) in [6, 6.07) is 8.36. The molecule has 1 aliphatic rings. The van der Waals surface area contributed by atoms with Gasteiger partial charge in [0.1, 0.15) is 11.9 Å². The molecular formula is C18H26N2O3. The molecule has 0 aliphatic carbocycles. The Kier molecular flexibility index (Phi) is 5.77. The van der Waals surface area contributed by atoms with Crippen LogP contribution in [0.15, 0.2) is 24.3 Å². The van der Waals surface area contributed by atoms with E-state index in [4.69, 9.17) is 10.5 Å². The minimum absolute atomic E-state index is 0.480. The van der Waals surface area contributed by atoms with Crippen LogP contribution >= 0.6 is 0 Å². The van der Waals surface area contributed by atoms with Crippen LogP contribution in [0.2, 0.25) is 0 Å². The average Bonchev–Trinajstić information content (AvgIpc) is 2.47. The maximum Gasteiger partial charge on any atom is 0.405 e. The molecule has 1 fully saturated rings. The Morgan fingerprint density at radius 2 is 1.91 bits per heavy atom. The van der Waals surface area contributed by atoms with Gasteiger partial charge in [-0.25, -0.2) is 4.79 Å². The number of carbonyl (C=O) groups excluding carboxylic acids is 2. The second-order valence-corrected chi connectivity index (χ2v) is 6.84. The number of rotatable bonds is 6. The first-order chi connectivity index (χ1) is 10.9. The monoisotopic (exact) mass is 318 g/mol. The van der Waals surface area contributed by atoms with Gasteiger partial charge in [-0.1, -0.05) is 24.3 Å². The SMILES string of the molecule is CC(C)(CN1CCC(c2ccc(CC=O)cc2)CC1)OC(N)=O. The van der Waals surface area contributed by atoms with Crippen molar-refractivity contribution in [1.29, 1.82) is 0 Å². The number of hydrogen-bond donors (Lipinski definition) is 1. The summed E-state index contributed by atoms with van der Waals surface area (Å²) in [5.74, 6) is 0.553. The van der Waals surface area contributed by atoms with Crippen molar-refractivity contribution in [1.82, 2.24) is 4.90 Å². The smallest absolute Gasteiger partial charge is 0.405 e. The largest absolute Gasteiger partial charge is 0.442 e. The topological polar surface area (TPSA) is 72.6 Å². The third kappa shape index (κ3) is 5.36. The zero-order valence-corrected chi connectivity index (χ0v) is 14.0. The number of nitrogens with zero attached hydrogens (tertiary/aromatic N) is 1. The van der Waals surface area contributed by atoms with Gasteiger partial charge < -0.3 is 15.3 Å². The summed E-state index contributed by atoms with van der Waals surface area (Å²) < 4.78 is 5.16. The van der Waals surface area contributed by atoms with E-state index in [1.807, 2.05) is 26.0 Å². The lowest BCUT2D eigenvalue weighted by Crippen LogP contribution is -2.45. The lowest BCUT2D eigenvalue weighted by Gasteiger charge is -2.36. The maximum atomic E-state index is 10.9. The van der Waals surface area contributed by atoms with Crippen molar-refractivity contribution >= 4 is 12.4 Å². The van der Waals surface area contributed by atoms with Crippen LogP contribution in [-0.2, 0) is 16.0 Å². The predicted octanol–water partition coefficient (Wildman–Crippen LogP) is 2.48. The van der Waals surface area contributed by atoms with Crippen molar-refractivity contribution in [3.63, 3.8) is 0 Å². The number of piperidine rings is 1. The van der Waals surface area contributed by atoms with Gasteiger partial charge in [-0.3, -0.25) is 4.90 Å². The Morgan fingerprint density at radius 3 is 2.43 bits per heavy atom. The summed E-state index contributed by atoms with van der Waals surface area (Å²) in [5.41, 5.74) is 6.95. The van der Waals surface area contributed by atoms with Gasteiger partial charge >= 0.3 is 6.09 Å². The number of ether oxygens (including phenoxy) is 1. The fourth-order valence-corrected chi connectivity index (χ4v) is 3.29. The van der Waals surface area contributed by atoms with Gasteiger partial charge in [0.2, 0.25) is 0 Å². The minimum Gasteiger partial charge on any atom is -0.442 e. The standard InChI is InChI=1S/C18H26N2O3/c1-18(2,23-17(19)22)13-20-10-7-16(8-11-20)15-5-3-14(4-6-15)9-12-21/h3-6,12,16H,7-11,13H2,1-2H3,(H2,19,22). The molecule has 0 unspecified atom stereocenters. The Morgan fingerprint density at radius 1 is 1.30 bits per heavy atom. The first-order valence-corrected chi connectivity index (χ1v) is 8.13. The lowest BCUT2D eigenvalue weighted by atomic mass is 9.88. The van der Waals surface area contributed by atoms with Crippen molar-refractivity contribution in [3.05, 3.63) is 35.4 Å². The number of primary amides is 1. The fourth-order valence-electron chi connectivity index (χ4n) is 3.29. The van der Waals surface area contributed by atoms with E-state index in [-0.39, 0.29) is 0 Å². The Labute approximate surface area is 137 Å². The zero-order chi connectivity index (χ0) is 16.9. The van der Waals surface area contributed by atoms with Crippen LogP contribution in [0.1, 0.15) is 43.7 Å². The van der Waals surface area contributed by atoms with Crippen LogP contribution in [-0.4, -0.2) is 42.5 Å². The van der Waals surface area contributed by atoms with E-state index in [1.54, 1.807) is 0 Å². The number of amides is 1. The van der Waals surface area contributed by atoms with Gasteiger partial charge in [0.05, 0.1) is 0 Å². The van der Waals surface area contributed by atoms with E-state index in [0.29, 0.717) is 18.9 Å². The molecule has 0 radical (unpaired) electrons. The minimum atomic E-state index is -0.722. The molecule has 1 aromatic carbocycles.